The monoisotopic (exact) mass is 440 g/mol. The lowest BCUT2D eigenvalue weighted by Gasteiger charge is -2.30. The van der Waals surface area contributed by atoms with Crippen molar-refractivity contribution < 1.29 is 22.0 Å². The third-order valence-electron chi connectivity index (χ3n) is 5.29. The zero-order valence-corrected chi connectivity index (χ0v) is 17.9. The molecule has 1 aromatic carbocycles. The summed E-state index contributed by atoms with van der Waals surface area (Å²) in [7, 11) is -4.14. The van der Waals surface area contributed by atoms with Crippen molar-refractivity contribution in [1.82, 2.24) is 19.4 Å². The molecule has 1 N–H and O–H groups in total. The molecule has 7 nitrogen and oxygen atoms in total. The van der Waals surface area contributed by atoms with Crippen molar-refractivity contribution in [3.8, 4) is 0 Å². The molecule has 0 unspecified atom stereocenters. The Morgan fingerprint density at radius 3 is 2.53 bits per heavy atom. The van der Waals surface area contributed by atoms with E-state index in [1.165, 1.54) is 0 Å². The van der Waals surface area contributed by atoms with E-state index in [-0.39, 0.29) is 24.9 Å². The lowest BCUT2D eigenvalue weighted by molar-refractivity contribution is -0.126. The van der Waals surface area contributed by atoms with E-state index in [2.05, 4.69) is 10.4 Å². The number of carbonyl (C=O) groups is 1. The molecule has 1 amide bonds. The van der Waals surface area contributed by atoms with Crippen LogP contribution < -0.4 is 5.32 Å². The second-order valence-electron chi connectivity index (χ2n) is 7.55. The minimum atomic E-state index is -4.14. The SMILES string of the molecule is Cc1cc(C)n(CCCNC(=O)C2CCN(S(=O)(=O)c3cc(F)ccc3F)CC2)n1. The highest BCUT2D eigenvalue weighted by Crippen LogP contribution is 2.26. The van der Waals surface area contributed by atoms with Gasteiger partial charge in [0.2, 0.25) is 15.9 Å². The van der Waals surface area contributed by atoms with Crippen LogP contribution in [0.15, 0.2) is 29.2 Å². The van der Waals surface area contributed by atoms with Crippen molar-refractivity contribution in [2.45, 2.75) is 44.6 Å². The second kappa shape index (κ2) is 9.22. The molecule has 0 saturated carbocycles. The molecule has 10 heteroatoms. The highest BCUT2D eigenvalue weighted by Gasteiger charge is 2.33. The number of aromatic nitrogens is 2. The van der Waals surface area contributed by atoms with Gasteiger partial charge in [-0.2, -0.15) is 9.40 Å². The zero-order valence-electron chi connectivity index (χ0n) is 17.1. The first kappa shape index (κ1) is 22.4. The number of carbonyl (C=O) groups excluding carboxylic acids is 1. The molecular formula is C20H26F2N4O3S. The molecule has 3 rings (SSSR count). The number of hydrogen-bond acceptors (Lipinski definition) is 4. The van der Waals surface area contributed by atoms with Gasteiger partial charge >= 0.3 is 0 Å². The number of nitrogens with one attached hydrogen (secondary N) is 1. The van der Waals surface area contributed by atoms with Crippen molar-refractivity contribution in [3.63, 3.8) is 0 Å². The Balaban J connectivity index is 1.48. The Hall–Kier alpha value is -2.33. The Morgan fingerprint density at radius 1 is 1.20 bits per heavy atom. The van der Waals surface area contributed by atoms with Gasteiger partial charge in [0.25, 0.3) is 0 Å². The number of halogens is 2. The molecule has 0 aliphatic carbocycles. The highest BCUT2D eigenvalue weighted by molar-refractivity contribution is 7.89. The third-order valence-corrected chi connectivity index (χ3v) is 7.20. The minimum Gasteiger partial charge on any atom is -0.356 e. The molecule has 2 heterocycles. The predicted molar refractivity (Wildman–Crippen MR) is 107 cm³/mol. The van der Waals surface area contributed by atoms with E-state index < -0.39 is 26.6 Å². The summed E-state index contributed by atoms with van der Waals surface area (Å²) >= 11 is 0. The summed E-state index contributed by atoms with van der Waals surface area (Å²) in [5.41, 5.74) is 2.03. The molecule has 1 aliphatic heterocycles. The standard InChI is InChI=1S/C20H26F2N4O3S/c1-14-12-15(2)26(24-14)9-3-8-23-20(27)16-6-10-25(11-7-16)30(28,29)19-13-17(21)4-5-18(19)22/h4-5,12-13,16H,3,6-11H2,1-2H3,(H,23,27). The van der Waals surface area contributed by atoms with E-state index in [0.717, 1.165) is 34.2 Å². The molecular weight excluding hydrogens is 414 g/mol. The van der Waals surface area contributed by atoms with Crippen LogP contribution in [0.5, 0.6) is 0 Å². The fraction of sp³-hybridized carbons (Fsp3) is 0.500. The first-order chi connectivity index (χ1) is 14.2. The maximum absolute atomic E-state index is 13.9. The maximum Gasteiger partial charge on any atom is 0.246 e. The van der Waals surface area contributed by atoms with Crippen molar-refractivity contribution in [3.05, 3.63) is 47.3 Å². The first-order valence-electron chi connectivity index (χ1n) is 9.92. The van der Waals surface area contributed by atoms with Crippen molar-refractivity contribution >= 4 is 15.9 Å². The summed E-state index contributed by atoms with van der Waals surface area (Å²) in [6.45, 7) is 5.29. The Bertz CT molecular complexity index is 1020. The number of sulfonamides is 1. The van der Waals surface area contributed by atoms with Crippen LogP contribution in [-0.2, 0) is 21.4 Å². The molecule has 0 spiro atoms. The van der Waals surface area contributed by atoms with Gasteiger partial charge in [0.1, 0.15) is 16.5 Å². The molecule has 1 fully saturated rings. The molecule has 1 aliphatic rings. The lowest BCUT2D eigenvalue weighted by atomic mass is 9.97. The van der Waals surface area contributed by atoms with Gasteiger partial charge in [-0.1, -0.05) is 0 Å². The van der Waals surface area contributed by atoms with Gasteiger partial charge in [-0.15, -0.1) is 0 Å². The van der Waals surface area contributed by atoms with Crippen LogP contribution in [0.1, 0.15) is 30.7 Å². The fourth-order valence-electron chi connectivity index (χ4n) is 3.66. The van der Waals surface area contributed by atoms with E-state index in [1.54, 1.807) is 0 Å². The summed E-state index contributed by atoms with van der Waals surface area (Å²) < 4.78 is 55.5. The van der Waals surface area contributed by atoms with Gasteiger partial charge in [0.05, 0.1) is 5.69 Å². The summed E-state index contributed by atoms with van der Waals surface area (Å²) in [6, 6.07) is 4.36. The number of benzene rings is 1. The van der Waals surface area contributed by atoms with Crippen LogP contribution in [0, 0.1) is 31.4 Å². The minimum absolute atomic E-state index is 0.0854. The van der Waals surface area contributed by atoms with Crippen LogP contribution in [0.25, 0.3) is 0 Å². The van der Waals surface area contributed by atoms with Crippen molar-refractivity contribution in [2.75, 3.05) is 19.6 Å². The lowest BCUT2D eigenvalue weighted by Crippen LogP contribution is -2.43. The largest absolute Gasteiger partial charge is 0.356 e. The average Bonchev–Trinajstić information content (AvgIpc) is 3.04. The topological polar surface area (TPSA) is 84.3 Å². The van der Waals surface area contributed by atoms with Gasteiger partial charge in [0, 0.05) is 37.8 Å². The van der Waals surface area contributed by atoms with E-state index in [0.29, 0.717) is 32.0 Å². The maximum atomic E-state index is 13.9. The first-order valence-corrected chi connectivity index (χ1v) is 11.4. The molecule has 2 aromatic rings. The van der Waals surface area contributed by atoms with Crippen molar-refractivity contribution in [1.29, 1.82) is 0 Å². The van der Waals surface area contributed by atoms with Gasteiger partial charge in [0.15, 0.2) is 0 Å². The molecule has 164 valence electrons. The fourth-order valence-corrected chi connectivity index (χ4v) is 5.20. The third kappa shape index (κ3) is 5.04. The number of rotatable bonds is 7. The van der Waals surface area contributed by atoms with Crippen LogP contribution in [0.4, 0.5) is 8.78 Å². The summed E-state index contributed by atoms with van der Waals surface area (Å²) in [5, 5.41) is 7.27. The average molecular weight is 441 g/mol. The highest BCUT2D eigenvalue weighted by atomic mass is 32.2. The van der Waals surface area contributed by atoms with Crippen LogP contribution in [0.3, 0.4) is 0 Å². The quantitative estimate of drug-likeness (QED) is 0.670. The number of piperidine rings is 1. The molecule has 30 heavy (non-hydrogen) atoms. The van der Waals surface area contributed by atoms with Crippen LogP contribution in [-0.4, -0.2) is 48.0 Å². The molecule has 0 atom stereocenters. The smallest absolute Gasteiger partial charge is 0.246 e. The summed E-state index contributed by atoms with van der Waals surface area (Å²) in [6.07, 6.45) is 1.40. The molecule has 1 saturated heterocycles. The van der Waals surface area contributed by atoms with E-state index >= 15 is 0 Å². The number of nitrogens with zero attached hydrogens (tertiary/aromatic N) is 3. The van der Waals surface area contributed by atoms with Gasteiger partial charge in [-0.25, -0.2) is 17.2 Å². The summed E-state index contributed by atoms with van der Waals surface area (Å²) in [4.78, 5) is 11.7. The normalized spacial score (nSPS) is 16.0. The zero-order chi connectivity index (χ0) is 21.9. The van der Waals surface area contributed by atoms with Crippen LogP contribution in [0.2, 0.25) is 0 Å². The van der Waals surface area contributed by atoms with Gasteiger partial charge in [-0.3, -0.25) is 9.48 Å². The second-order valence-corrected chi connectivity index (χ2v) is 9.45. The van der Waals surface area contributed by atoms with E-state index in [9.17, 15) is 22.0 Å². The van der Waals surface area contributed by atoms with Crippen molar-refractivity contribution in [2.24, 2.45) is 5.92 Å². The van der Waals surface area contributed by atoms with E-state index in [1.807, 2.05) is 24.6 Å². The number of hydrogen-bond donors (Lipinski definition) is 1. The van der Waals surface area contributed by atoms with E-state index in [4.69, 9.17) is 0 Å². The number of amides is 1. The molecule has 0 radical (unpaired) electrons. The Labute approximate surface area is 175 Å². The Kier molecular flexibility index (Phi) is 6.87. The number of aryl methyl sites for hydroxylation is 3. The molecule has 1 aromatic heterocycles. The van der Waals surface area contributed by atoms with Crippen LogP contribution >= 0.6 is 0 Å². The van der Waals surface area contributed by atoms with Gasteiger partial charge < -0.3 is 5.32 Å². The Morgan fingerprint density at radius 2 is 1.90 bits per heavy atom. The summed E-state index contributed by atoms with van der Waals surface area (Å²) in [5.74, 6) is -2.22. The predicted octanol–water partition coefficient (Wildman–Crippen LogP) is 2.39. The van der Waals surface area contributed by atoms with Gasteiger partial charge in [-0.05, 0) is 57.4 Å². The molecule has 0 bridgehead atoms.